The summed E-state index contributed by atoms with van der Waals surface area (Å²) in [6.07, 6.45) is 2.72. The van der Waals surface area contributed by atoms with Gasteiger partial charge in [0.15, 0.2) is 0 Å². The number of nitrogen functional groups attached to an aromatic ring is 1. The lowest BCUT2D eigenvalue weighted by atomic mass is 9.83. The molecule has 0 bridgehead atoms. The van der Waals surface area contributed by atoms with Crippen molar-refractivity contribution in [2.75, 3.05) is 26.4 Å². The number of nitrogens with zero attached hydrogens (tertiary/aromatic N) is 2. The highest BCUT2D eigenvalue weighted by Crippen LogP contribution is 2.48. The van der Waals surface area contributed by atoms with Crippen LogP contribution in [-0.4, -0.2) is 30.7 Å². The number of fused-ring (bicyclic) bond motifs is 2. The Hall–Kier alpha value is -2.83. The second-order valence-electron chi connectivity index (χ2n) is 7.66. The Morgan fingerprint density at radius 2 is 1.97 bits per heavy atom. The maximum absolute atomic E-state index is 9.92. The number of nitrogens with two attached hydrogens (primary N) is 1. The first-order valence-electron chi connectivity index (χ1n) is 9.67. The number of nitrogens with one attached hydrogen (secondary N) is 1. The predicted molar refractivity (Wildman–Crippen MR) is 112 cm³/mol. The first kappa shape index (κ1) is 19.5. The number of phenols is 1. The molecule has 1 aliphatic rings. The van der Waals surface area contributed by atoms with Gasteiger partial charge in [-0.15, -0.1) is 0 Å². The van der Waals surface area contributed by atoms with Crippen LogP contribution < -0.4 is 19.9 Å². The topological polar surface area (TPSA) is 76.7 Å². The maximum atomic E-state index is 9.92. The zero-order valence-electron chi connectivity index (χ0n) is 16.5. The summed E-state index contributed by atoms with van der Waals surface area (Å²) in [5, 5.41) is 10.6. The Bertz CT molecular complexity index is 1040. The van der Waals surface area contributed by atoms with E-state index in [1.807, 2.05) is 34.9 Å². The molecule has 0 fully saturated rings. The molecule has 0 aliphatic carbocycles. The summed E-state index contributed by atoms with van der Waals surface area (Å²) in [5.74, 6) is 1.68. The number of quaternary nitrogens is 1. The van der Waals surface area contributed by atoms with E-state index in [0.29, 0.717) is 22.5 Å². The van der Waals surface area contributed by atoms with Gasteiger partial charge in [0.1, 0.15) is 17.1 Å². The van der Waals surface area contributed by atoms with Crippen molar-refractivity contribution in [3.8, 4) is 17.4 Å². The van der Waals surface area contributed by atoms with Crippen molar-refractivity contribution in [3.63, 3.8) is 0 Å². The van der Waals surface area contributed by atoms with Crippen LogP contribution in [0.5, 0.6) is 17.4 Å². The summed E-state index contributed by atoms with van der Waals surface area (Å²) in [6.45, 7) is 1.83. The number of phenolic OH excluding ortho intramolecular Hbond substituents is 1. The van der Waals surface area contributed by atoms with Crippen molar-refractivity contribution < 1.29 is 19.3 Å². The molecule has 7 heteroatoms. The third-order valence-electron chi connectivity index (χ3n) is 5.21. The van der Waals surface area contributed by atoms with E-state index >= 15 is 0 Å². The van der Waals surface area contributed by atoms with Gasteiger partial charge in [-0.05, 0) is 23.8 Å². The molecule has 0 amide bonds. The Kier molecular flexibility index (Phi) is 5.30. The van der Waals surface area contributed by atoms with Gasteiger partial charge in [-0.3, -0.25) is 0 Å². The molecule has 0 unspecified atom stereocenters. The predicted octanol–water partition coefficient (Wildman–Crippen LogP) is 2.13. The highest BCUT2D eigenvalue weighted by molar-refractivity contribution is 6.30. The summed E-state index contributed by atoms with van der Waals surface area (Å²) in [4.78, 5) is 5.94. The number of hydrogen-bond acceptors (Lipinski definition) is 4. The summed E-state index contributed by atoms with van der Waals surface area (Å²) < 4.78 is 8.00. The fourth-order valence-electron chi connectivity index (χ4n) is 3.76. The summed E-state index contributed by atoms with van der Waals surface area (Å²) in [7, 11) is 4.27. The van der Waals surface area contributed by atoms with Crippen LogP contribution in [0.15, 0.2) is 48.8 Å². The Morgan fingerprint density at radius 1 is 1.21 bits per heavy atom. The third-order valence-corrected chi connectivity index (χ3v) is 5.46. The minimum atomic E-state index is -0.161. The van der Waals surface area contributed by atoms with E-state index in [2.05, 4.69) is 19.1 Å². The number of hydrogen-bond donors (Lipinski definition) is 3. The molecule has 1 aromatic heterocycles. The molecular weight excluding hydrogens is 388 g/mol. The molecule has 4 N–H and O–H groups in total. The fraction of sp³-hybridized carbons (Fsp3) is 0.273. The van der Waals surface area contributed by atoms with Gasteiger partial charge in [-0.25, -0.2) is 4.57 Å². The van der Waals surface area contributed by atoms with Crippen molar-refractivity contribution in [2.45, 2.75) is 18.9 Å². The molecule has 3 aromatic rings. The molecule has 4 rings (SSSR count). The fourth-order valence-corrected chi connectivity index (χ4v) is 3.89. The lowest BCUT2D eigenvalue weighted by molar-refractivity contribution is -0.861. The van der Waals surface area contributed by atoms with Crippen LogP contribution in [0.25, 0.3) is 0 Å². The molecule has 2 heterocycles. The largest absolute Gasteiger partial charge is 0.508 e. The van der Waals surface area contributed by atoms with Crippen LogP contribution >= 0.6 is 11.6 Å². The van der Waals surface area contributed by atoms with Crippen molar-refractivity contribution in [1.29, 1.82) is 0 Å². The summed E-state index contributed by atoms with van der Waals surface area (Å²) >= 11 is 6.11. The quantitative estimate of drug-likeness (QED) is 0.439. The first-order chi connectivity index (χ1) is 13.9. The van der Waals surface area contributed by atoms with Crippen molar-refractivity contribution >= 4 is 17.4 Å². The number of ether oxygens (including phenoxy) is 1. The standard InChI is InChI=1S/C22H23ClN4O2/c1-26(2)10-3-11-27-13-25-22-20(21(27)24)19(14-4-6-15(23)7-5-14)17-9-8-16(28)12-18(17)29-22/h4-9,12-13,19,24,28H,3,10-11H2,1-2H3/p+2/t19-/m0/s1. The second kappa shape index (κ2) is 7.89. The molecule has 0 spiro atoms. The molecule has 0 radical (unpaired) electrons. The van der Waals surface area contributed by atoms with Gasteiger partial charge in [0.05, 0.1) is 33.1 Å². The molecule has 6 nitrogen and oxygen atoms in total. The van der Waals surface area contributed by atoms with Crippen LogP contribution in [0.3, 0.4) is 0 Å². The van der Waals surface area contributed by atoms with Crippen LogP contribution in [-0.2, 0) is 6.54 Å². The number of rotatable bonds is 5. The molecule has 1 atom stereocenters. The molecule has 2 aromatic carbocycles. The highest BCUT2D eigenvalue weighted by atomic mass is 35.5. The average molecular weight is 413 g/mol. The third kappa shape index (κ3) is 3.86. The number of aryl methyl sites for hydroxylation is 1. The van der Waals surface area contributed by atoms with Crippen LogP contribution in [0.1, 0.15) is 29.0 Å². The zero-order valence-corrected chi connectivity index (χ0v) is 17.3. The van der Waals surface area contributed by atoms with E-state index in [1.54, 1.807) is 18.5 Å². The molecule has 150 valence electrons. The van der Waals surface area contributed by atoms with Crippen molar-refractivity contribution in [2.24, 2.45) is 0 Å². The minimum absolute atomic E-state index is 0.146. The monoisotopic (exact) mass is 412 g/mol. The number of halogens is 1. The van der Waals surface area contributed by atoms with E-state index in [-0.39, 0.29) is 11.7 Å². The molecule has 0 saturated heterocycles. The highest BCUT2D eigenvalue weighted by Gasteiger charge is 2.36. The SMILES string of the molecule is C[NH+](C)CCC[n+]1cnc2c(c1N)[C@@H](c1ccc(Cl)cc1)c1ccc(O)cc1O2. The number of benzene rings is 2. The van der Waals surface area contributed by atoms with E-state index in [4.69, 9.17) is 22.1 Å². The van der Waals surface area contributed by atoms with Gasteiger partial charge in [0.2, 0.25) is 12.1 Å². The first-order valence-corrected chi connectivity index (χ1v) is 10.0. The van der Waals surface area contributed by atoms with E-state index < -0.39 is 0 Å². The second-order valence-corrected chi connectivity index (χ2v) is 8.10. The van der Waals surface area contributed by atoms with Crippen molar-refractivity contribution in [1.82, 2.24) is 4.98 Å². The Labute approximate surface area is 175 Å². The van der Waals surface area contributed by atoms with Gasteiger partial charge >= 0.3 is 5.88 Å². The van der Waals surface area contributed by atoms with Gasteiger partial charge in [0.25, 0.3) is 0 Å². The van der Waals surface area contributed by atoms with E-state index in [9.17, 15) is 5.11 Å². The van der Waals surface area contributed by atoms with Crippen LogP contribution in [0.4, 0.5) is 5.82 Å². The minimum Gasteiger partial charge on any atom is -0.508 e. The van der Waals surface area contributed by atoms with E-state index in [0.717, 1.165) is 36.2 Å². The number of aromatic nitrogens is 2. The van der Waals surface area contributed by atoms with Gasteiger partial charge in [0, 0.05) is 23.1 Å². The normalized spacial score (nSPS) is 15.0. The smallest absolute Gasteiger partial charge is 0.306 e. The van der Waals surface area contributed by atoms with Gasteiger partial charge in [-0.2, -0.15) is 0 Å². The summed E-state index contributed by atoms with van der Waals surface area (Å²) in [6, 6.07) is 12.9. The number of anilines is 1. The molecule has 0 saturated carbocycles. The maximum Gasteiger partial charge on any atom is 0.306 e. The zero-order chi connectivity index (χ0) is 20.5. The van der Waals surface area contributed by atoms with Crippen molar-refractivity contribution in [3.05, 3.63) is 70.5 Å². The average Bonchev–Trinajstić information content (AvgIpc) is 2.68. The van der Waals surface area contributed by atoms with Gasteiger partial charge in [-0.1, -0.05) is 34.8 Å². The Balaban J connectivity index is 1.82. The molecule has 1 aliphatic heterocycles. The van der Waals surface area contributed by atoms with Gasteiger partial charge < -0.3 is 20.5 Å². The Morgan fingerprint density at radius 3 is 2.69 bits per heavy atom. The summed E-state index contributed by atoms with van der Waals surface area (Å²) in [5.41, 5.74) is 9.43. The van der Waals surface area contributed by atoms with E-state index in [1.165, 1.54) is 4.90 Å². The lowest BCUT2D eigenvalue weighted by Crippen LogP contribution is -3.05. The van der Waals surface area contributed by atoms with Crippen LogP contribution in [0, 0.1) is 0 Å². The van der Waals surface area contributed by atoms with Crippen LogP contribution in [0.2, 0.25) is 5.02 Å². The molecular formula is C22H25ClN4O2+2. The molecule has 29 heavy (non-hydrogen) atoms. The number of aromatic hydroxyl groups is 1. The lowest BCUT2D eigenvalue weighted by Gasteiger charge is -2.27.